The van der Waals surface area contributed by atoms with E-state index in [4.69, 9.17) is 16.7 Å². The number of nitrogens with zero attached hydrogens (tertiary/aromatic N) is 2. The summed E-state index contributed by atoms with van der Waals surface area (Å²) in [5, 5.41) is 14.5. The van der Waals surface area contributed by atoms with Gasteiger partial charge in [0.15, 0.2) is 0 Å². The molecule has 5 heteroatoms. The normalized spacial score (nSPS) is 10.9. The molecule has 2 rings (SSSR count). The predicted octanol–water partition coefficient (Wildman–Crippen LogP) is 2.34. The standard InChI is InChI=1S/C11H11ClN2O2/c1-2-14-9(6-10(15)16)11-7(12)4-3-5-8(11)13-14/h3-5H,2,6H2,1H3,(H,15,16). The number of carboxylic acid groups (broad SMARTS) is 1. The van der Waals surface area contributed by atoms with Gasteiger partial charge in [-0.05, 0) is 19.1 Å². The van der Waals surface area contributed by atoms with Gasteiger partial charge in [0.2, 0.25) is 0 Å². The predicted molar refractivity (Wildman–Crippen MR) is 61.8 cm³/mol. The zero-order valence-electron chi connectivity index (χ0n) is 8.77. The maximum absolute atomic E-state index is 10.8. The molecule has 0 saturated carbocycles. The molecule has 84 valence electrons. The summed E-state index contributed by atoms with van der Waals surface area (Å²) in [7, 11) is 0. The van der Waals surface area contributed by atoms with E-state index >= 15 is 0 Å². The van der Waals surface area contributed by atoms with Crippen LogP contribution in [-0.2, 0) is 17.8 Å². The molecular formula is C11H11ClN2O2. The number of halogens is 1. The maximum Gasteiger partial charge on any atom is 0.309 e. The Bertz CT molecular complexity index is 548. The molecule has 1 aromatic carbocycles. The Hall–Kier alpha value is -1.55. The summed E-state index contributed by atoms with van der Waals surface area (Å²) < 4.78 is 1.69. The third-order valence-corrected chi connectivity index (χ3v) is 2.75. The number of carbonyl (C=O) groups is 1. The molecule has 0 spiro atoms. The topological polar surface area (TPSA) is 55.1 Å². The molecule has 1 aromatic heterocycles. The Morgan fingerprint density at radius 3 is 2.94 bits per heavy atom. The average Bonchev–Trinajstić information content (AvgIpc) is 2.57. The smallest absolute Gasteiger partial charge is 0.309 e. The van der Waals surface area contributed by atoms with Gasteiger partial charge >= 0.3 is 5.97 Å². The second kappa shape index (κ2) is 4.14. The van der Waals surface area contributed by atoms with Crippen molar-refractivity contribution in [3.63, 3.8) is 0 Å². The van der Waals surface area contributed by atoms with Gasteiger partial charge in [0.1, 0.15) is 0 Å². The van der Waals surface area contributed by atoms with Gasteiger partial charge in [-0.25, -0.2) is 0 Å². The van der Waals surface area contributed by atoms with Crippen molar-refractivity contribution in [1.29, 1.82) is 0 Å². The molecule has 16 heavy (non-hydrogen) atoms. The van der Waals surface area contributed by atoms with Crippen LogP contribution in [0.2, 0.25) is 5.02 Å². The van der Waals surface area contributed by atoms with Crippen LogP contribution in [0.15, 0.2) is 18.2 Å². The molecule has 0 saturated heterocycles. The molecule has 0 radical (unpaired) electrons. The monoisotopic (exact) mass is 238 g/mol. The average molecular weight is 239 g/mol. The Kier molecular flexibility index (Phi) is 2.83. The Morgan fingerprint density at radius 1 is 1.56 bits per heavy atom. The molecule has 0 fully saturated rings. The van der Waals surface area contributed by atoms with E-state index in [1.54, 1.807) is 10.7 Å². The first kappa shape index (κ1) is 11.0. The van der Waals surface area contributed by atoms with Gasteiger partial charge in [-0.15, -0.1) is 0 Å². The van der Waals surface area contributed by atoms with Gasteiger partial charge < -0.3 is 5.11 Å². The highest BCUT2D eigenvalue weighted by molar-refractivity contribution is 6.35. The SMILES string of the molecule is CCn1nc2cccc(Cl)c2c1CC(=O)O. The zero-order chi connectivity index (χ0) is 11.7. The van der Waals surface area contributed by atoms with Gasteiger partial charge in [-0.3, -0.25) is 9.48 Å². The fraction of sp³-hybridized carbons (Fsp3) is 0.273. The number of aromatic nitrogens is 2. The lowest BCUT2D eigenvalue weighted by Crippen LogP contribution is -2.08. The summed E-state index contributed by atoms with van der Waals surface area (Å²) in [6.07, 6.45) is -0.0614. The van der Waals surface area contributed by atoms with Crippen molar-refractivity contribution in [2.75, 3.05) is 0 Å². The van der Waals surface area contributed by atoms with E-state index in [0.717, 1.165) is 10.9 Å². The number of hydrogen-bond acceptors (Lipinski definition) is 2. The fourth-order valence-corrected chi connectivity index (χ4v) is 2.06. The molecule has 0 aliphatic rings. The van der Waals surface area contributed by atoms with E-state index in [2.05, 4.69) is 5.10 Å². The van der Waals surface area contributed by atoms with E-state index in [1.807, 2.05) is 19.1 Å². The summed E-state index contributed by atoms with van der Waals surface area (Å²) >= 11 is 6.07. The molecule has 1 N–H and O–H groups in total. The number of hydrogen-bond donors (Lipinski definition) is 1. The number of fused-ring (bicyclic) bond motifs is 1. The molecule has 0 amide bonds. The van der Waals surface area contributed by atoms with Crippen LogP contribution in [0.25, 0.3) is 10.9 Å². The summed E-state index contributed by atoms with van der Waals surface area (Å²) in [6, 6.07) is 5.39. The van der Waals surface area contributed by atoms with Crippen molar-refractivity contribution in [2.45, 2.75) is 19.9 Å². The van der Waals surface area contributed by atoms with Crippen LogP contribution in [0.4, 0.5) is 0 Å². The lowest BCUT2D eigenvalue weighted by atomic mass is 10.1. The number of rotatable bonds is 3. The Labute approximate surface area is 97.4 Å². The third kappa shape index (κ3) is 1.76. The molecule has 1 heterocycles. The molecule has 0 unspecified atom stereocenters. The minimum absolute atomic E-state index is 0.0614. The van der Waals surface area contributed by atoms with Gasteiger partial charge in [-0.2, -0.15) is 5.10 Å². The van der Waals surface area contributed by atoms with Crippen molar-refractivity contribution >= 4 is 28.5 Å². The Balaban J connectivity index is 2.70. The van der Waals surface area contributed by atoms with Crippen LogP contribution in [0.5, 0.6) is 0 Å². The molecule has 0 aliphatic heterocycles. The van der Waals surface area contributed by atoms with E-state index in [1.165, 1.54) is 0 Å². The molecule has 0 aliphatic carbocycles. The highest BCUT2D eigenvalue weighted by Crippen LogP contribution is 2.26. The van der Waals surface area contributed by atoms with Crippen molar-refractivity contribution in [2.24, 2.45) is 0 Å². The molecular weight excluding hydrogens is 228 g/mol. The van der Waals surface area contributed by atoms with E-state index < -0.39 is 5.97 Å². The first-order valence-electron chi connectivity index (χ1n) is 4.99. The molecule has 4 nitrogen and oxygen atoms in total. The van der Waals surface area contributed by atoms with E-state index in [-0.39, 0.29) is 6.42 Å². The Morgan fingerprint density at radius 2 is 2.31 bits per heavy atom. The van der Waals surface area contributed by atoms with Crippen molar-refractivity contribution in [3.8, 4) is 0 Å². The first-order valence-corrected chi connectivity index (χ1v) is 5.37. The van der Waals surface area contributed by atoms with Crippen LogP contribution in [0.1, 0.15) is 12.6 Å². The summed E-state index contributed by atoms with van der Waals surface area (Å²) in [4.78, 5) is 10.8. The summed E-state index contributed by atoms with van der Waals surface area (Å²) in [5.74, 6) is -0.878. The highest BCUT2D eigenvalue weighted by Gasteiger charge is 2.15. The van der Waals surface area contributed by atoms with Crippen LogP contribution in [0.3, 0.4) is 0 Å². The molecule has 2 aromatic rings. The fourth-order valence-electron chi connectivity index (χ4n) is 1.79. The van der Waals surface area contributed by atoms with Gasteiger partial charge in [-0.1, -0.05) is 17.7 Å². The lowest BCUT2D eigenvalue weighted by molar-refractivity contribution is -0.136. The number of aliphatic carboxylic acids is 1. The van der Waals surface area contributed by atoms with Gasteiger partial charge in [0, 0.05) is 11.9 Å². The van der Waals surface area contributed by atoms with Crippen LogP contribution in [0, 0.1) is 0 Å². The quantitative estimate of drug-likeness (QED) is 0.893. The molecule has 0 bridgehead atoms. The van der Waals surface area contributed by atoms with Crippen LogP contribution >= 0.6 is 11.6 Å². The number of carboxylic acids is 1. The second-order valence-electron chi connectivity index (χ2n) is 3.47. The zero-order valence-corrected chi connectivity index (χ0v) is 9.53. The van der Waals surface area contributed by atoms with E-state index in [0.29, 0.717) is 17.3 Å². The van der Waals surface area contributed by atoms with Crippen LogP contribution in [-0.4, -0.2) is 20.9 Å². The van der Waals surface area contributed by atoms with Crippen molar-refractivity contribution in [3.05, 3.63) is 28.9 Å². The first-order chi connectivity index (χ1) is 7.63. The number of benzene rings is 1. The maximum atomic E-state index is 10.8. The van der Waals surface area contributed by atoms with E-state index in [9.17, 15) is 4.79 Å². The number of aryl methyl sites for hydroxylation is 1. The highest BCUT2D eigenvalue weighted by atomic mass is 35.5. The van der Waals surface area contributed by atoms with Gasteiger partial charge in [0.05, 0.1) is 22.7 Å². The summed E-state index contributed by atoms with van der Waals surface area (Å²) in [5.41, 5.74) is 1.40. The second-order valence-corrected chi connectivity index (χ2v) is 3.87. The third-order valence-electron chi connectivity index (χ3n) is 2.44. The molecule has 0 atom stereocenters. The van der Waals surface area contributed by atoms with Gasteiger partial charge in [0.25, 0.3) is 0 Å². The van der Waals surface area contributed by atoms with Crippen LogP contribution < -0.4 is 0 Å². The minimum Gasteiger partial charge on any atom is -0.481 e. The minimum atomic E-state index is -0.878. The summed E-state index contributed by atoms with van der Waals surface area (Å²) in [6.45, 7) is 2.55. The van der Waals surface area contributed by atoms with Crippen molar-refractivity contribution in [1.82, 2.24) is 9.78 Å². The largest absolute Gasteiger partial charge is 0.481 e. The lowest BCUT2D eigenvalue weighted by Gasteiger charge is -2.02. The van der Waals surface area contributed by atoms with Crippen molar-refractivity contribution < 1.29 is 9.90 Å².